The minimum Gasteiger partial charge on any atom is -0.466 e. The summed E-state index contributed by atoms with van der Waals surface area (Å²) in [5.41, 5.74) is 0. The van der Waals surface area contributed by atoms with E-state index in [-0.39, 0.29) is 18.5 Å². The lowest BCUT2D eigenvalue weighted by atomic mass is 10.0. The molecule has 3 N–H and O–H groups in total. The molecule has 0 aromatic rings. The largest absolute Gasteiger partial charge is 0.466 e. The zero-order valence-corrected chi connectivity index (χ0v) is 57.2. The summed E-state index contributed by atoms with van der Waals surface area (Å²) in [4.78, 5) is 24.7. The molecule has 0 saturated carbocycles. The number of rotatable bonds is 73. The fourth-order valence-corrected chi connectivity index (χ4v) is 12.4. The molecule has 0 aliphatic carbocycles. The van der Waals surface area contributed by atoms with Gasteiger partial charge in [0.1, 0.15) is 0 Å². The van der Waals surface area contributed by atoms with Crippen molar-refractivity contribution in [2.24, 2.45) is 0 Å². The number of carbonyl (C=O) groups is 2. The predicted octanol–water partition coefficient (Wildman–Crippen LogP) is 25.3. The Morgan fingerprint density at radius 2 is 0.595 bits per heavy atom. The molecule has 0 rings (SSSR count). The number of esters is 1. The predicted molar refractivity (Wildman–Crippen MR) is 370 cm³/mol. The Balaban J connectivity index is 3.36. The van der Waals surface area contributed by atoms with Crippen molar-refractivity contribution in [3.05, 3.63) is 24.3 Å². The second kappa shape index (κ2) is 73.8. The molecule has 2 unspecified atom stereocenters. The number of nitrogens with one attached hydrogen (secondary N) is 1. The summed E-state index contributed by atoms with van der Waals surface area (Å²) in [6.45, 7) is 4.98. The van der Waals surface area contributed by atoms with Crippen molar-refractivity contribution >= 4 is 11.9 Å². The molecule has 1 amide bonds. The van der Waals surface area contributed by atoms with Crippen LogP contribution in [0.5, 0.6) is 0 Å². The zero-order chi connectivity index (χ0) is 60.6. The van der Waals surface area contributed by atoms with Gasteiger partial charge in [-0.05, 0) is 57.8 Å². The first kappa shape index (κ1) is 82.3. The van der Waals surface area contributed by atoms with E-state index in [9.17, 15) is 19.8 Å². The maximum atomic E-state index is 12.6. The minimum atomic E-state index is -0.664. The Hall–Kier alpha value is -1.66. The van der Waals surface area contributed by atoms with Gasteiger partial charge in [-0.25, -0.2) is 0 Å². The van der Waals surface area contributed by atoms with E-state index in [1.54, 1.807) is 0 Å². The van der Waals surface area contributed by atoms with E-state index in [1.807, 2.05) is 0 Å². The van der Waals surface area contributed by atoms with Gasteiger partial charge < -0.3 is 20.3 Å². The first-order valence-corrected chi connectivity index (χ1v) is 38.6. The summed E-state index contributed by atoms with van der Waals surface area (Å²) >= 11 is 0. The van der Waals surface area contributed by atoms with Gasteiger partial charge in [-0.3, -0.25) is 9.59 Å². The van der Waals surface area contributed by atoms with Gasteiger partial charge >= 0.3 is 5.97 Å². The number of ether oxygens (including phenoxy) is 1. The second-order valence-corrected chi connectivity index (χ2v) is 26.7. The summed E-state index contributed by atoms with van der Waals surface area (Å²) in [6.07, 6.45) is 93.9. The first-order chi connectivity index (χ1) is 41.5. The molecular formula is C78H151NO5. The maximum absolute atomic E-state index is 12.6. The minimum absolute atomic E-state index is 0.00494. The fraction of sp³-hybridized carbons (Fsp3) is 0.923. The van der Waals surface area contributed by atoms with Gasteiger partial charge in [0.25, 0.3) is 0 Å². The average molecular weight is 1180 g/mol. The Bertz CT molecular complexity index is 1320. The van der Waals surface area contributed by atoms with Crippen molar-refractivity contribution in [1.29, 1.82) is 0 Å². The summed E-state index contributed by atoms with van der Waals surface area (Å²) in [7, 11) is 0. The van der Waals surface area contributed by atoms with E-state index in [4.69, 9.17) is 4.74 Å². The summed E-state index contributed by atoms with van der Waals surface area (Å²) in [6, 6.07) is -0.541. The quantitative estimate of drug-likeness (QED) is 0.0320. The van der Waals surface area contributed by atoms with E-state index < -0.39 is 12.1 Å². The molecule has 6 heteroatoms. The van der Waals surface area contributed by atoms with Gasteiger partial charge in [-0.2, -0.15) is 0 Å². The lowest BCUT2D eigenvalue weighted by molar-refractivity contribution is -0.143. The second-order valence-electron chi connectivity index (χ2n) is 26.7. The first-order valence-electron chi connectivity index (χ1n) is 38.6. The monoisotopic (exact) mass is 1180 g/mol. The van der Waals surface area contributed by atoms with Gasteiger partial charge in [-0.1, -0.05) is 391 Å². The van der Waals surface area contributed by atoms with Gasteiger partial charge in [0.15, 0.2) is 0 Å². The SMILES string of the molecule is CCCCCC/C=C\C/C=C\CCCCCCCC(=O)OCCCCCCCCCCCCCCCCCCCCCCCCCCCCC(=O)NC(CO)C(O)CCCCCCCCCCCCCCCCCCCCCCCCCCC. The number of aliphatic hydroxyl groups is 2. The van der Waals surface area contributed by atoms with Crippen LogP contribution in [0.15, 0.2) is 24.3 Å². The van der Waals surface area contributed by atoms with Crippen molar-refractivity contribution < 1.29 is 24.5 Å². The van der Waals surface area contributed by atoms with Gasteiger partial charge in [0.2, 0.25) is 5.91 Å². The third-order valence-electron chi connectivity index (χ3n) is 18.3. The van der Waals surface area contributed by atoms with Crippen LogP contribution in [-0.4, -0.2) is 47.4 Å². The van der Waals surface area contributed by atoms with Crippen LogP contribution >= 0.6 is 0 Å². The van der Waals surface area contributed by atoms with E-state index >= 15 is 0 Å². The molecular weight excluding hydrogens is 1030 g/mol. The molecule has 0 aromatic heterocycles. The van der Waals surface area contributed by atoms with Gasteiger partial charge in [0.05, 0.1) is 25.4 Å². The molecule has 0 heterocycles. The van der Waals surface area contributed by atoms with Gasteiger partial charge in [-0.15, -0.1) is 0 Å². The van der Waals surface area contributed by atoms with Gasteiger partial charge in [0, 0.05) is 12.8 Å². The lowest BCUT2D eigenvalue weighted by Crippen LogP contribution is -2.45. The van der Waals surface area contributed by atoms with Crippen LogP contribution in [0.1, 0.15) is 438 Å². The molecule has 84 heavy (non-hydrogen) atoms. The zero-order valence-electron chi connectivity index (χ0n) is 57.2. The number of allylic oxidation sites excluding steroid dienone is 4. The molecule has 0 bridgehead atoms. The highest BCUT2D eigenvalue weighted by Gasteiger charge is 2.20. The molecule has 0 radical (unpaired) electrons. The summed E-state index contributed by atoms with van der Waals surface area (Å²) < 4.78 is 5.50. The molecule has 0 fully saturated rings. The number of hydrogen-bond acceptors (Lipinski definition) is 5. The standard InChI is InChI=1S/C78H151NO5/c1-3-5-7-9-11-13-15-17-19-21-22-23-24-27-30-33-36-39-42-46-50-54-58-62-66-70-76(81)75(74-80)79-77(82)71-67-63-59-55-51-47-43-40-37-34-31-28-25-26-29-32-35-38-41-45-49-53-57-61-65-69-73-84-78(83)72-68-64-60-56-52-48-44-20-18-16-14-12-10-8-6-4-2/h14,16,20,44,75-76,80-81H,3-13,15,17-19,21-43,45-74H2,1-2H3,(H,79,82)/b16-14-,44-20-. The molecule has 498 valence electrons. The molecule has 0 spiro atoms. The Morgan fingerprint density at radius 1 is 0.333 bits per heavy atom. The highest BCUT2D eigenvalue weighted by molar-refractivity contribution is 5.76. The highest BCUT2D eigenvalue weighted by Crippen LogP contribution is 2.20. The third-order valence-corrected chi connectivity index (χ3v) is 18.3. The van der Waals surface area contributed by atoms with Crippen molar-refractivity contribution in [1.82, 2.24) is 5.32 Å². The number of carbonyl (C=O) groups excluding carboxylic acids is 2. The normalized spacial score (nSPS) is 12.6. The number of aliphatic hydroxyl groups excluding tert-OH is 2. The molecule has 0 aliphatic heterocycles. The molecule has 0 aromatic carbocycles. The maximum Gasteiger partial charge on any atom is 0.305 e. The Morgan fingerprint density at radius 3 is 0.917 bits per heavy atom. The number of hydrogen-bond donors (Lipinski definition) is 3. The smallest absolute Gasteiger partial charge is 0.305 e. The number of amides is 1. The molecule has 0 aliphatic rings. The van der Waals surface area contributed by atoms with E-state index in [2.05, 4.69) is 43.5 Å². The van der Waals surface area contributed by atoms with E-state index in [0.29, 0.717) is 25.9 Å². The third kappa shape index (κ3) is 69.4. The fourth-order valence-electron chi connectivity index (χ4n) is 12.4. The molecule has 6 nitrogen and oxygen atoms in total. The average Bonchev–Trinajstić information content (AvgIpc) is 3.51. The Kier molecular flexibility index (Phi) is 72.3. The molecule has 0 saturated heterocycles. The van der Waals surface area contributed by atoms with Crippen molar-refractivity contribution in [3.63, 3.8) is 0 Å². The van der Waals surface area contributed by atoms with Crippen molar-refractivity contribution in [2.45, 2.75) is 450 Å². The van der Waals surface area contributed by atoms with Crippen LogP contribution in [0.2, 0.25) is 0 Å². The Labute approximate surface area is 526 Å². The summed E-state index contributed by atoms with van der Waals surface area (Å²) in [5, 5.41) is 23.5. The number of unbranched alkanes of at least 4 members (excludes halogenated alkanes) is 58. The van der Waals surface area contributed by atoms with Crippen molar-refractivity contribution in [3.8, 4) is 0 Å². The highest BCUT2D eigenvalue weighted by atomic mass is 16.5. The van der Waals surface area contributed by atoms with Crippen LogP contribution in [0.4, 0.5) is 0 Å². The van der Waals surface area contributed by atoms with Crippen molar-refractivity contribution in [2.75, 3.05) is 13.2 Å². The summed E-state index contributed by atoms with van der Waals surface area (Å²) in [5.74, 6) is -0.0222. The van der Waals surface area contributed by atoms with Crippen LogP contribution in [0, 0.1) is 0 Å². The van der Waals surface area contributed by atoms with Crippen LogP contribution in [-0.2, 0) is 14.3 Å². The van der Waals surface area contributed by atoms with Crippen LogP contribution in [0.25, 0.3) is 0 Å². The van der Waals surface area contributed by atoms with Crippen LogP contribution < -0.4 is 5.32 Å². The molecule has 2 atom stereocenters. The van der Waals surface area contributed by atoms with Crippen LogP contribution in [0.3, 0.4) is 0 Å². The van der Waals surface area contributed by atoms with E-state index in [1.165, 1.54) is 353 Å². The topological polar surface area (TPSA) is 95.9 Å². The van der Waals surface area contributed by atoms with E-state index in [0.717, 1.165) is 51.4 Å². The lowest BCUT2D eigenvalue weighted by Gasteiger charge is -2.22.